The minimum absolute atomic E-state index is 0.149. The summed E-state index contributed by atoms with van der Waals surface area (Å²) in [6.07, 6.45) is 12.4. The Hall–Kier alpha value is -3.13. The maximum atomic E-state index is 10.8. The Balaban J connectivity index is -0.000000148. The number of carbonyl (C=O) groups excluding carboxylic acids is 1. The van der Waals surface area contributed by atoms with Crippen LogP contribution in [0, 0.1) is 6.92 Å². The Morgan fingerprint density at radius 2 is 1.24 bits per heavy atom. The first-order chi connectivity index (χ1) is 21.6. The van der Waals surface area contributed by atoms with Crippen LogP contribution in [-0.2, 0) is 4.79 Å². The van der Waals surface area contributed by atoms with Crippen LogP contribution in [0.4, 0.5) is 5.69 Å². The second kappa shape index (κ2) is 40.9. The molecule has 0 saturated heterocycles. The fourth-order valence-electron chi connectivity index (χ4n) is 2.87. The molecule has 2 nitrogen and oxygen atoms in total. The van der Waals surface area contributed by atoms with Gasteiger partial charge in [0.1, 0.15) is 0 Å². The molecule has 45 heavy (non-hydrogen) atoms. The molecule has 0 amide bonds. The number of hydrogen-bond donors (Lipinski definition) is 1. The minimum Gasteiger partial charge on any atom is -0.360 e. The molecule has 3 rings (SSSR count). The van der Waals surface area contributed by atoms with Gasteiger partial charge in [0, 0.05) is 17.8 Å². The summed E-state index contributed by atoms with van der Waals surface area (Å²) in [4.78, 5) is 10.8. The van der Waals surface area contributed by atoms with Crippen molar-refractivity contribution in [2.24, 2.45) is 0 Å². The van der Waals surface area contributed by atoms with Crippen LogP contribution in [-0.4, -0.2) is 5.78 Å². The van der Waals surface area contributed by atoms with Crippen LogP contribution in [0.1, 0.15) is 153 Å². The molecule has 1 aliphatic carbocycles. The van der Waals surface area contributed by atoms with Gasteiger partial charge >= 0.3 is 0 Å². The van der Waals surface area contributed by atoms with E-state index in [9.17, 15) is 4.79 Å². The average Bonchev–Trinajstić information content (AvgIpc) is 3.09. The molecule has 0 aromatic heterocycles. The minimum atomic E-state index is 0.149. The van der Waals surface area contributed by atoms with E-state index in [4.69, 9.17) is 0 Å². The second-order valence-corrected chi connectivity index (χ2v) is 9.82. The third-order valence-corrected chi connectivity index (χ3v) is 5.95. The molecule has 2 aromatic rings. The fraction of sp³-hybridized carbons (Fsp3) is 0.512. The van der Waals surface area contributed by atoms with Crippen LogP contribution >= 0.6 is 0 Å². The van der Waals surface area contributed by atoms with Crippen LogP contribution in [0.5, 0.6) is 0 Å². The summed E-state index contributed by atoms with van der Waals surface area (Å²) in [6.45, 7) is 38.7. The van der Waals surface area contributed by atoms with E-state index in [0.29, 0.717) is 12.3 Å². The summed E-state index contributed by atoms with van der Waals surface area (Å²) in [6, 6.07) is 18.9. The molecule has 1 atom stereocenters. The lowest BCUT2D eigenvalue weighted by molar-refractivity contribution is -0.114. The first-order valence-corrected chi connectivity index (χ1v) is 17.7. The molecule has 1 N–H and O–H groups in total. The molecule has 1 aliphatic rings. The van der Waals surface area contributed by atoms with Crippen LogP contribution in [0.2, 0.25) is 0 Å². The lowest BCUT2D eigenvalue weighted by atomic mass is 9.96. The molecular formula is C43H75NO. The topological polar surface area (TPSA) is 29.1 Å². The predicted octanol–water partition coefficient (Wildman–Crippen LogP) is 14.8. The Bertz CT molecular complexity index is 957. The highest BCUT2D eigenvalue weighted by molar-refractivity contribution is 5.94. The Kier molecular flexibility index (Phi) is 46.7. The van der Waals surface area contributed by atoms with Crippen molar-refractivity contribution in [3.05, 3.63) is 114 Å². The number of carbonyl (C=O) groups is 1. The molecule has 1 unspecified atom stereocenters. The van der Waals surface area contributed by atoms with Gasteiger partial charge in [0.25, 0.3) is 0 Å². The van der Waals surface area contributed by atoms with E-state index in [1.54, 1.807) is 6.08 Å². The lowest BCUT2D eigenvalue weighted by Crippen LogP contribution is -2.01. The van der Waals surface area contributed by atoms with E-state index in [1.807, 2.05) is 79.7 Å². The van der Waals surface area contributed by atoms with Crippen molar-refractivity contribution in [2.45, 2.75) is 148 Å². The highest BCUT2D eigenvalue weighted by Gasteiger charge is 2.08. The number of rotatable bonds is 6. The van der Waals surface area contributed by atoms with Gasteiger partial charge in [-0.05, 0) is 68.0 Å². The van der Waals surface area contributed by atoms with Gasteiger partial charge < -0.3 is 5.32 Å². The largest absolute Gasteiger partial charge is 0.360 e. The molecule has 2 heteroatoms. The molecule has 2 aromatic carbocycles. The van der Waals surface area contributed by atoms with Crippen molar-refractivity contribution in [3.63, 3.8) is 0 Å². The van der Waals surface area contributed by atoms with Gasteiger partial charge in [0.2, 0.25) is 0 Å². The van der Waals surface area contributed by atoms with Crippen molar-refractivity contribution < 1.29 is 4.79 Å². The van der Waals surface area contributed by atoms with E-state index in [-0.39, 0.29) is 5.78 Å². The number of allylic oxidation sites excluding steroid dienone is 6. The summed E-state index contributed by atoms with van der Waals surface area (Å²) >= 11 is 0. The van der Waals surface area contributed by atoms with Crippen molar-refractivity contribution in [1.82, 2.24) is 0 Å². The van der Waals surface area contributed by atoms with Gasteiger partial charge in [0.05, 0.1) is 0 Å². The molecule has 0 aliphatic heterocycles. The maximum Gasteiger partial charge on any atom is 0.160 e. The van der Waals surface area contributed by atoms with Gasteiger partial charge in [-0.3, -0.25) is 4.79 Å². The molecular weight excluding hydrogens is 546 g/mol. The van der Waals surface area contributed by atoms with Gasteiger partial charge in [-0.15, -0.1) is 0 Å². The maximum absolute atomic E-state index is 10.8. The highest BCUT2D eigenvalue weighted by atomic mass is 16.1. The summed E-state index contributed by atoms with van der Waals surface area (Å²) in [7, 11) is 0. The van der Waals surface area contributed by atoms with Crippen LogP contribution in [0.3, 0.4) is 0 Å². The number of nitrogens with one attached hydrogen (secondary N) is 1. The van der Waals surface area contributed by atoms with E-state index >= 15 is 0 Å². The SMILES string of the molecule is C=C(C)Nc1ccc(C)cc1.C=C1CC(=O)C=C/C1=C/C.CC.CC.CC.CCC(C)c1ccccc1.CCCC.CCCC. The lowest BCUT2D eigenvalue weighted by Gasteiger charge is -2.08. The van der Waals surface area contributed by atoms with Crippen LogP contribution in [0.25, 0.3) is 0 Å². The van der Waals surface area contributed by atoms with E-state index in [1.165, 1.54) is 43.2 Å². The summed E-state index contributed by atoms with van der Waals surface area (Å²) in [5, 5.41) is 3.14. The standard InChI is InChI=1S/C10H13N.C10H14.C9H10O.2C4H10.3C2H6/c1-8(2)11-10-6-4-9(3)5-7-10;1-3-9(2)10-7-5-4-6-8-10;1-3-8-4-5-9(10)6-7(8)2;2*1-3-4-2;3*1-2/h4-7,11H,1H2,2-3H3;4-9H,3H2,1-2H3;3-5H,2,6H2,1H3;2*3-4H2,1-2H3;3*1-2H3/b;;8-3-;;;;;. The number of anilines is 1. The van der Waals surface area contributed by atoms with Crippen LogP contribution < -0.4 is 5.32 Å². The number of benzene rings is 2. The van der Waals surface area contributed by atoms with Crippen molar-refractivity contribution in [2.75, 3.05) is 5.32 Å². The molecule has 258 valence electrons. The van der Waals surface area contributed by atoms with Gasteiger partial charge in [0.15, 0.2) is 5.78 Å². The predicted molar refractivity (Wildman–Crippen MR) is 212 cm³/mol. The Labute approximate surface area is 283 Å². The molecule has 0 spiro atoms. The van der Waals surface area contributed by atoms with E-state index < -0.39 is 0 Å². The molecule has 0 fully saturated rings. The molecule has 0 heterocycles. The molecule has 0 radical (unpaired) electrons. The third kappa shape index (κ3) is 35.2. The zero-order chi connectivity index (χ0) is 36.1. The number of unbranched alkanes of at least 4 members (excludes halogenated alkanes) is 2. The first-order valence-electron chi connectivity index (χ1n) is 17.7. The number of hydrogen-bond acceptors (Lipinski definition) is 2. The zero-order valence-electron chi connectivity index (χ0n) is 32.6. The fourth-order valence-corrected chi connectivity index (χ4v) is 2.87. The molecule has 0 saturated carbocycles. The van der Waals surface area contributed by atoms with Gasteiger partial charge in [-0.1, -0.05) is 182 Å². The Morgan fingerprint density at radius 3 is 1.58 bits per heavy atom. The van der Waals surface area contributed by atoms with E-state index in [2.05, 4.69) is 109 Å². The number of aryl methyl sites for hydroxylation is 1. The zero-order valence-corrected chi connectivity index (χ0v) is 32.6. The second-order valence-electron chi connectivity index (χ2n) is 9.82. The Morgan fingerprint density at radius 1 is 0.800 bits per heavy atom. The normalized spacial score (nSPS) is 11.8. The van der Waals surface area contributed by atoms with Crippen molar-refractivity contribution >= 4 is 11.5 Å². The molecule has 0 bridgehead atoms. The van der Waals surface area contributed by atoms with E-state index in [0.717, 1.165) is 22.5 Å². The van der Waals surface area contributed by atoms with Gasteiger partial charge in [-0.25, -0.2) is 0 Å². The average molecular weight is 622 g/mol. The summed E-state index contributed by atoms with van der Waals surface area (Å²) < 4.78 is 0. The summed E-state index contributed by atoms with van der Waals surface area (Å²) in [5.74, 6) is 0.858. The monoisotopic (exact) mass is 622 g/mol. The smallest absolute Gasteiger partial charge is 0.160 e. The first kappa shape index (κ1) is 51.4. The third-order valence-electron chi connectivity index (χ3n) is 5.95. The summed E-state index contributed by atoms with van der Waals surface area (Å²) in [5.41, 5.74) is 6.80. The highest BCUT2D eigenvalue weighted by Crippen LogP contribution is 2.18. The van der Waals surface area contributed by atoms with Gasteiger partial charge in [-0.2, -0.15) is 0 Å². The van der Waals surface area contributed by atoms with Crippen LogP contribution in [0.15, 0.2) is 103 Å². The number of ketones is 1. The van der Waals surface area contributed by atoms with Crippen molar-refractivity contribution in [1.29, 1.82) is 0 Å². The van der Waals surface area contributed by atoms with Crippen molar-refractivity contribution in [3.8, 4) is 0 Å². The quantitative estimate of drug-likeness (QED) is 0.348.